The van der Waals surface area contributed by atoms with E-state index in [0.29, 0.717) is 12.1 Å². The molecule has 0 bridgehead atoms. The van der Waals surface area contributed by atoms with Crippen LogP contribution in [0.3, 0.4) is 0 Å². The van der Waals surface area contributed by atoms with E-state index in [9.17, 15) is 0 Å². The molecule has 5 rings (SSSR count). The molecule has 0 saturated heterocycles. The van der Waals surface area contributed by atoms with E-state index in [0.717, 1.165) is 72.0 Å². The number of hydrogen-bond acceptors (Lipinski definition) is 6. The van der Waals surface area contributed by atoms with Crippen LogP contribution in [0.15, 0.2) is 60.8 Å². The standard InChI is InChI=1S/C26H31N7/c1-33(2)25-22-10-6-7-11-23(22)31-26(32-25)30-20-14-12-19(13-15-20)27-16-21-17-28-24(29-21)18-8-4-3-5-9-18/h3-11,17,19-20,27H,12-16H2,1-2H3,(H,28,29)(H,30,31,32)/t19-,20+. The van der Waals surface area contributed by atoms with Crippen LogP contribution in [0.25, 0.3) is 22.3 Å². The van der Waals surface area contributed by atoms with Crippen molar-refractivity contribution < 1.29 is 0 Å². The Morgan fingerprint density at radius 1 is 0.879 bits per heavy atom. The number of rotatable bonds is 7. The molecule has 4 aromatic rings. The van der Waals surface area contributed by atoms with Crippen molar-refractivity contribution >= 4 is 22.7 Å². The lowest BCUT2D eigenvalue weighted by Gasteiger charge is -2.30. The van der Waals surface area contributed by atoms with Gasteiger partial charge in [-0.1, -0.05) is 42.5 Å². The average Bonchev–Trinajstić information content (AvgIpc) is 3.33. The summed E-state index contributed by atoms with van der Waals surface area (Å²) in [6.45, 7) is 0.784. The highest BCUT2D eigenvalue weighted by atomic mass is 15.2. The molecule has 7 nitrogen and oxygen atoms in total. The van der Waals surface area contributed by atoms with Gasteiger partial charge in [-0.25, -0.2) is 9.97 Å². The van der Waals surface area contributed by atoms with Crippen LogP contribution in [0.1, 0.15) is 31.4 Å². The summed E-state index contributed by atoms with van der Waals surface area (Å²) in [5.41, 5.74) is 3.14. The lowest BCUT2D eigenvalue weighted by Crippen LogP contribution is -2.37. The second-order valence-electron chi connectivity index (χ2n) is 8.96. The quantitative estimate of drug-likeness (QED) is 0.389. The van der Waals surface area contributed by atoms with Gasteiger partial charge in [-0.2, -0.15) is 4.98 Å². The summed E-state index contributed by atoms with van der Waals surface area (Å²) >= 11 is 0. The second-order valence-corrected chi connectivity index (χ2v) is 8.96. The van der Waals surface area contributed by atoms with Crippen molar-refractivity contribution in [2.45, 2.75) is 44.3 Å². The fourth-order valence-corrected chi connectivity index (χ4v) is 4.53. The highest BCUT2D eigenvalue weighted by Gasteiger charge is 2.22. The summed E-state index contributed by atoms with van der Waals surface area (Å²) in [4.78, 5) is 19.6. The molecule has 170 valence electrons. The summed E-state index contributed by atoms with van der Waals surface area (Å²) in [5, 5.41) is 8.36. The Balaban J connectivity index is 1.15. The van der Waals surface area contributed by atoms with Crippen LogP contribution in [-0.4, -0.2) is 46.1 Å². The number of anilines is 2. The van der Waals surface area contributed by atoms with Crippen molar-refractivity contribution in [3.8, 4) is 11.4 Å². The van der Waals surface area contributed by atoms with Gasteiger partial charge in [0.05, 0.1) is 11.2 Å². The molecule has 3 N–H and O–H groups in total. The van der Waals surface area contributed by atoms with Crippen molar-refractivity contribution in [2.75, 3.05) is 24.3 Å². The number of fused-ring (bicyclic) bond motifs is 1. The van der Waals surface area contributed by atoms with Crippen LogP contribution in [0.4, 0.5) is 11.8 Å². The number of benzene rings is 2. The predicted octanol–water partition coefficient (Wildman–Crippen LogP) is 4.60. The molecule has 7 heteroatoms. The maximum atomic E-state index is 4.79. The Labute approximate surface area is 194 Å². The van der Waals surface area contributed by atoms with Gasteiger partial charge in [0.25, 0.3) is 0 Å². The van der Waals surface area contributed by atoms with E-state index in [4.69, 9.17) is 15.0 Å². The Bertz CT molecular complexity index is 1190. The zero-order chi connectivity index (χ0) is 22.6. The molecule has 1 fully saturated rings. The van der Waals surface area contributed by atoms with Crippen molar-refractivity contribution in [3.05, 3.63) is 66.5 Å². The number of aromatic amines is 1. The van der Waals surface area contributed by atoms with Gasteiger partial charge in [-0.3, -0.25) is 0 Å². The maximum Gasteiger partial charge on any atom is 0.225 e. The Hall–Kier alpha value is -3.45. The molecule has 1 aliphatic rings. The molecule has 33 heavy (non-hydrogen) atoms. The first-order valence-corrected chi connectivity index (χ1v) is 11.7. The molecule has 0 unspecified atom stereocenters. The fraction of sp³-hybridized carbons (Fsp3) is 0.346. The van der Waals surface area contributed by atoms with E-state index in [2.05, 4.69) is 33.8 Å². The average molecular weight is 442 g/mol. The van der Waals surface area contributed by atoms with Crippen LogP contribution in [0, 0.1) is 0 Å². The molecule has 2 aromatic heterocycles. The molecule has 0 atom stereocenters. The molecule has 0 aliphatic heterocycles. The highest BCUT2D eigenvalue weighted by molar-refractivity contribution is 5.90. The maximum absolute atomic E-state index is 4.79. The van der Waals surface area contributed by atoms with Crippen molar-refractivity contribution in [1.82, 2.24) is 25.3 Å². The van der Waals surface area contributed by atoms with Gasteiger partial charge in [-0.15, -0.1) is 0 Å². The van der Waals surface area contributed by atoms with Crippen LogP contribution in [0.5, 0.6) is 0 Å². The third-order valence-electron chi connectivity index (χ3n) is 6.32. The van der Waals surface area contributed by atoms with E-state index in [1.807, 2.05) is 61.6 Å². The van der Waals surface area contributed by atoms with Crippen LogP contribution < -0.4 is 15.5 Å². The first-order valence-electron chi connectivity index (χ1n) is 11.7. The van der Waals surface area contributed by atoms with Crippen LogP contribution >= 0.6 is 0 Å². The first kappa shape index (κ1) is 21.4. The number of hydrogen-bond donors (Lipinski definition) is 3. The molecular weight excluding hydrogens is 410 g/mol. The molecule has 2 aromatic carbocycles. The summed E-state index contributed by atoms with van der Waals surface area (Å²) < 4.78 is 0. The van der Waals surface area contributed by atoms with Gasteiger partial charge in [-0.05, 0) is 37.8 Å². The third kappa shape index (κ3) is 4.98. The van der Waals surface area contributed by atoms with E-state index in [1.54, 1.807) is 0 Å². The lowest BCUT2D eigenvalue weighted by molar-refractivity contribution is 0.351. The van der Waals surface area contributed by atoms with Gasteiger partial charge in [0.2, 0.25) is 5.95 Å². The topological polar surface area (TPSA) is 81.8 Å². The van der Waals surface area contributed by atoms with Crippen molar-refractivity contribution in [1.29, 1.82) is 0 Å². The second kappa shape index (κ2) is 9.58. The normalized spacial score (nSPS) is 18.4. The zero-order valence-electron chi connectivity index (χ0n) is 19.3. The SMILES string of the molecule is CN(C)c1nc(N[C@H]2CC[C@@H](NCc3c[nH]c(-c4ccccc4)n3)CC2)nc2ccccc12. The molecule has 1 aliphatic carbocycles. The Morgan fingerprint density at radius 2 is 1.61 bits per heavy atom. The van der Waals surface area contributed by atoms with Crippen molar-refractivity contribution in [3.63, 3.8) is 0 Å². The molecule has 2 heterocycles. The van der Waals surface area contributed by atoms with Crippen LogP contribution in [-0.2, 0) is 6.54 Å². The van der Waals surface area contributed by atoms with Crippen LogP contribution in [0.2, 0.25) is 0 Å². The van der Waals surface area contributed by atoms with E-state index >= 15 is 0 Å². The molecule has 0 radical (unpaired) electrons. The Kier molecular flexibility index (Phi) is 6.21. The smallest absolute Gasteiger partial charge is 0.225 e. The molecule has 0 spiro atoms. The van der Waals surface area contributed by atoms with E-state index < -0.39 is 0 Å². The fourth-order valence-electron chi connectivity index (χ4n) is 4.53. The summed E-state index contributed by atoms with van der Waals surface area (Å²) in [5.74, 6) is 2.60. The summed E-state index contributed by atoms with van der Waals surface area (Å²) in [7, 11) is 4.05. The number of nitrogens with zero attached hydrogens (tertiary/aromatic N) is 4. The minimum atomic E-state index is 0.397. The van der Waals surface area contributed by atoms with Gasteiger partial charge in [0.1, 0.15) is 11.6 Å². The molecule has 1 saturated carbocycles. The van der Waals surface area contributed by atoms with Gasteiger partial charge < -0.3 is 20.5 Å². The molecule has 0 amide bonds. The first-order chi connectivity index (χ1) is 16.2. The zero-order valence-corrected chi connectivity index (χ0v) is 19.3. The number of H-pyrrole nitrogens is 1. The lowest BCUT2D eigenvalue weighted by atomic mass is 9.91. The minimum Gasteiger partial charge on any atom is -0.362 e. The van der Waals surface area contributed by atoms with Gasteiger partial charge in [0, 0.05) is 49.9 Å². The number of nitrogens with one attached hydrogen (secondary N) is 3. The largest absolute Gasteiger partial charge is 0.362 e. The van der Waals surface area contributed by atoms with Crippen molar-refractivity contribution in [2.24, 2.45) is 0 Å². The molecular formula is C26H31N7. The number of aromatic nitrogens is 4. The number of imidazole rings is 1. The number of para-hydroxylation sites is 1. The minimum absolute atomic E-state index is 0.397. The summed E-state index contributed by atoms with van der Waals surface area (Å²) in [6, 6.07) is 19.3. The van der Waals surface area contributed by atoms with Gasteiger partial charge in [0.15, 0.2) is 0 Å². The predicted molar refractivity (Wildman–Crippen MR) is 134 cm³/mol. The van der Waals surface area contributed by atoms with E-state index in [-0.39, 0.29) is 0 Å². The third-order valence-corrected chi connectivity index (χ3v) is 6.32. The Morgan fingerprint density at radius 3 is 2.39 bits per heavy atom. The van der Waals surface area contributed by atoms with Gasteiger partial charge >= 0.3 is 0 Å². The summed E-state index contributed by atoms with van der Waals surface area (Å²) in [6.07, 6.45) is 6.45. The monoisotopic (exact) mass is 441 g/mol. The highest BCUT2D eigenvalue weighted by Crippen LogP contribution is 2.26. The van der Waals surface area contributed by atoms with E-state index in [1.165, 1.54) is 0 Å².